The highest BCUT2D eigenvalue weighted by Crippen LogP contribution is 2.38. The number of methoxy groups -OCH3 is 1. The van der Waals surface area contributed by atoms with Crippen LogP contribution in [0.15, 0.2) is 76.3 Å². The Kier molecular flexibility index (Phi) is 7.72. The van der Waals surface area contributed by atoms with E-state index in [-0.39, 0.29) is 18.0 Å². The first-order valence-corrected chi connectivity index (χ1v) is 13.3. The molecule has 0 fully saturated rings. The fraction of sp³-hybridized carbons (Fsp3) is 0.172. The van der Waals surface area contributed by atoms with Gasteiger partial charge in [0.25, 0.3) is 5.91 Å². The molecule has 0 saturated heterocycles. The number of amides is 1. The molecule has 0 bridgehead atoms. The molecule has 0 saturated carbocycles. The molecule has 2 heterocycles. The lowest BCUT2D eigenvalue weighted by molar-refractivity contribution is -0.114. The highest BCUT2D eigenvalue weighted by molar-refractivity contribution is 8.27. The van der Waals surface area contributed by atoms with E-state index in [1.165, 1.54) is 23.9 Å². The van der Waals surface area contributed by atoms with Gasteiger partial charge >= 0.3 is 0 Å². The van der Waals surface area contributed by atoms with Crippen molar-refractivity contribution in [2.45, 2.75) is 13.8 Å². The minimum atomic E-state index is -0.525. The minimum absolute atomic E-state index is 0.0663. The van der Waals surface area contributed by atoms with Crippen LogP contribution in [0.3, 0.4) is 0 Å². The maximum atomic E-state index is 12.9. The molecule has 3 aromatic rings. The van der Waals surface area contributed by atoms with Crippen molar-refractivity contribution in [2.24, 2.45) is 10.1 Å². The molecular formula is C29H25ClN4O4S. The molecule has 8 nitrogen and oxygen atoms in total. The van der Waals surface area contributed by atoms with Crippen molar-refractivity contribution in [3.05, 3.63) is 93.5 Å². The Balaban J connectivity index is 1.32. The number of halogens is 1. The van der Waals surface area contributed by atoms with E-state index in [0.717, 1.165) is 22.4 Å². The Hall–Kier alpha value is -4.08. The Morgan fingerprint density at radius 2 is 1.77 bits per heavy atom. The number of benzene rings is 3. The van der Waals surface area contributed by atoms with E-state index in [0.29, 0.717) is 38.9 Å². The predicted molar refractivity (Wildman–Crippen MR) is 155 cm³/mol. The van der Waals surface area contributed by atoms with E-state index < -0.39 is 5.91 Å². The standard InChI is InChI=1S/C29H25ClN4O4S/c1-17-8-10-20(11-9-17)28-33-34-26(31)21(27(35)32-29(34)39-28)14-19-15-22(30)25(24(16-19)36-3)38-13-12-37-23-7-5-4-6-18(23)2/h4-11,14-16,31H,12-13H2,1-3H3/b21-14-,31-26?. The summed E-state index contributed by atoms with van der Waals surface area (Å²) in [4.78, 5) is 17.0. The summed E-state index contributed by atoms with van der Waals surface area (Å²) < 4.78 is 17.2. The Morgan fingerprint density at radius 1 is 1.03 bits per heavy atom. The van der Waals surface area contributed by atoms with Crippen LogP contribution in [0.5, 0.6) is 17.2 Å². The molecule has 0 unspecified atom stereocenters. The van der Waals surface area contributed by atoms with E-state index in [9.17, 15) is 4.79 Å². The van der Waals surface area contributed by atoms with Crippen molar-refractivity contribution in [2.75, 3.05) is 20.3 Å². The molecule has 0 aliphatic carbocycles. The van der Waals surface area contributed by atoms with Gasteiger partial charge in [0.1, 0.15) is 24.0 Å². The average molecular weight is 561 g/mol. The van der Waals surface area contributed by atoms with E-state index in [1.807, 2.05) is 62.4 Å². The van der Waals surface area contributed by atoms with Crippen LogP contribution >= 0.6 is 23.4 Å². The molecule has 0 radical (unpaired) electrons. The van der Waals surface area contributed by atoms with Crippen LogP contribution in [0.2, 0.25) is 5.02 Å². The second-order valence-electron chi connectivity index (χ2n) is 8.79. The van der Waals surface area contributed by atoms with E-state index in [2.05, 4.69) is 10.1 Å². The van der Waals surface area contributed by atoms with E-state index in [1.54, 1.807) is 18.2 Å². The molecule has 198 valence electrons. The van der Waals surface area contributed by atoms with Gasteiger partial charge in [-0.3, -0.25) is 10.2 Å². The van der Waals surface area contributed by atoms with Crippen molar-refractivity contribution < 1.29 is 19.0 Å². The second-order valence-corrected chi connectivity index (χ2v) is 10.2. The van der Waals surface area contributed by atoms with Crippen LogP contribution in [0.25, 0.3) is 6.08 Å². The van der Waals surface area contributed by atoms with Crippen LogP contribution in [0.1, 0.15) is 22.3 Å². The summed E-state index contributed by atoms with van der Waals surface area (Å²) in [6, 6.07) is 19.0. The lowest BCUT2D eigenvalue weighted by atomic mass is 10.1. The van der Waals surface area contributed by atoms with Gasteiger partial charge in [0, 0.05) is 5.56 Å². The minimum Gasteiger partial charge on any atom is -0.493 e. The number of fused-ring (bicyclic) bond motifs is 1. The summed E-state index contributed by atoms with van der Waals surface area (Å²) in [5.74, 6) is 0.952. The van der Waals surface area contributed by atoms with E-state index >= 15 is 0 Å². The van der Waals surface area contributed by atoms with Crippen LogP contribution in [0.4, 0.5) is 0 Å². The summed E-state index contributed by atoms with van der Waals surface area (Å²) in [6.45, 7) is 4.55. The van der Waals surface area contributed by atoms with E-state index in [4.69, 9.17) is 31.2 Å². The topological polar surface area (TPSA) is 96.6 Å². The lowest BCUT2D eigenvalue weighted by Gasteiger charge is -2.20. The molecule has 2 aliphatic rings. The van der Waals surface area contributed by atoms with Gasteiger partial charge in [-0.2, -0.15) is 15.1 Å². The molecule has 1 N–H and O–H groups in total. The van der Waals surface area contributed by atoms with Gasteiger partial charge < -0.3 is 14.2 Å². The van der Waals surface area contributed by atoms with Gasteiger partial charge in [0.05, 0.1) is 17.7 Å². The van der Waals surface area contributed by atoms with Crippen LogP contribution in [0, 0.1) is 19.3 Å². The average Bonchev–Trinajstić information content (AvgIpc) is 3.35. The summed E-state index contributed by atoms with van der Waals surface area (Å²) in [6.07, 6.45) is 1.55. The second kappa shape index (κ2) is 11.3. The number of hydrazone groups is 1. The van der Waals surface area contributed by atoms with Crippen molar-refractivity contribution in [1.29, 1.82) is 5.41 Å². The monoisotopic (exact) mass is 560 g/mol. The number of thioether (sulfide) groups is 1. The molecular weight excluding hydrogens is 536 g/mol. The molecule has 10 heteroatoms. The zero-order valence-electron chi connectivity index (χ0n) is 21.5. The van der Waals surface area contributed by atoms with Crippen LogP contribution in [-0.4, -0.2) is 47.3 Å². The number of carbonyl (C=O) groups excluding carboxylic acids is 1. The number of rotatable bonds is 8. The number of ether oxygens (including phenoxy) is 3. The Bertz CT molecular complexity index is 1550. The highest BCUT2D eigenvalue weighted by Gasteiger charge is 2.36. The fourth-order valence-electron chi connectivity index (χ4n) is 3.95. The normalized spacial score (nSPS) is 15.7. The summed E-state index contributed by atoms with van der Waals surface area (Å²) >= 11 is 7.79. The molecule has 5 rings (SSSR count). The van der Waals surface area contributed by atoms with Gasteiger partial charge in [-0.25, -0.2) is 0 Å². The fourth-order valence-corrected chi connectivity index (χ4v) is 5.12. The first-order valence-electron chi connectivity index (χ1n) is 12.1. The number of hydrogen-bond acceptors (Lipinski definition) is 7. The first kappa shape index (κ1) is 26.5. The number of para-hydroxylation sites is 1. The maximum Gasteiger partial charge on any atom is 0.283 e. The van der Waals surface area contributed by atoms with Gasteiger partial charge in [-0.05, 0) is 61.0 Å². The van der Waals surface area contributed by atoms with Gasteiger partial charge in [0.2, 0.25) is 5.17 Å². The summed E-state index contributed by atoms with van der Waals surface area (Å²) in [5, 5.41) is 15.9. The van der Waals surface area contributed by atoms with Gasteiger partial charge in [-0.1, -0.05) is 59.6 Å². The highest BCUT2D eigenvalue weighted by atomic mass is 35.5. The van der Waals surface area contributed by atoms with Gasteiger partial charge in [0.15, 0.2) is 17.3 Å². The van der Waals surface area contributed by atoms with Crippen LogP contribution in [-0.2, 0) is 4.79 Å². The third-order valence-electron chi connectivity index (χ3n) is 6.00. The third-order valence-corrected chi connectivity index (χ3v) is 7.23. The number of carbonyl (C=O) groups is 1. The van der Waals surface area contributed by atoms with Crippen molar-refractivity contribution in [3.63, 3.8) is 0 Å². The SMILES string of the molecule is COc1cc(/C=C2/C(=N)N3N=C(c4ccc(C)cc4)SC3=NC2=O)cc(Cl)c1OCCOc1ccccc1C. The zero-order chi connectivity index (χ0) is 27.5. The predicted octanol–water partition coefficient (Wildman–Crippen LogP) is 6.09. The van der Waals surface area contributed by atoms with Gasteiger partial charge in [-0.15, -0.1) is 0 Å². The van der Waals surface area contributed by atoms with Crippen LogP contribution < -0.4 is 14.2 Å². The largest absolute Gasteiger partial charge is 0.493 e. The number of amidine groups is 2. The third kappa shape index (κ3) is 5.69. The molecule has 39 heavy (non-hydrogen) atoms. The van der Waals surface area contributed by atoms with Crippen molar-refractivity contribution >= 4 is 51.4 Å². The number of aliphatic imine (C=N–C) groups is 1. The summed E-state index contributed by atoms with van der Waals surface area (Å²) in [7, 11) is 1.51. The first-order chi connectivity index (χ1) is 18.8. The Labute approximate surface area is 235 Å². The molecule has 2 aliphatic heterocycles. The molecule has 0 atom stereocenters. The van der Waals surface area contributed by atoms with Crippen molar-refractivity contribution in [3.8, 4) is 17.2 Å². The number of nitrogens with zero attached hydrogens (tertiary/aromatic N) is 3. The molecule has 0 aromatic heterocycles. The molecule has 3 aromatic carbocycles. The lowest BCUT2D eigenvalue weighted by Crippen LogP contribution is -2.35. The maximum absolute atomic E-state index is 12.9. The van der Waals surface area contributed by atoms with Crippen molar-refractivity contribution in [1.82, 2.24) is 5.01 Å². The smallest absolute Gasteiger partial charge is 0.283 e. The quantitative estimate of drug-likeness (QED) is 0.264. The molecule has 1 amide bonds. The Morgan fingerprint density at radius 3 is 2.51 bits per heavy atom. The zero-order valence-corrected chi connectivity index (χ0v) is 23.1. The summed E-state index contributed by atoms with van der Waals surface area (Å²) in [5.41, 5.74) is 3.71. The number of aryl methyl sites for hydroxylation is 2. The number of nitrogens with one attached hydrogen (secondary N) is 1. The number of hydrogen-bond donors (Lipinski definition) is 1. The molecule has 0 spiro atoms.